The third kappa shape index (κ3) is 3.05. The van der Waals surface area contributed by atoms with Crippen LogP contribution in [-0.2, 0) is 0 Å². The highest BCUT2D eigenvalue weighted by Gasteiger charge is 2.15. The summed E-state index contributed by atoms with van der Waals surface area (Å²) in [6, 6.07) is 14.9. The van der Waals surface area contributed by atoms with Crippen molar-refractivity contribution in [1.29, 1.82) is 0 Å². The number of carboxylic acid groups (broad SMARTS) is 1. The molecule has 0 aliphatic rings. The van der Waals surface area contributed by atoms with Crippen LogP contribution in [0.25, 0.3) is 22.6 Å². The third-order valence-electron chi connectivity index (χ3n) is 4.73. The fourth-order valence-corrected chi connectivity index (χ4v) is 3.48. The highest BCUT2D eigenvalue weighted by Crippen LogP contribution is 2.26. The van der Waals surface area contributed by atoms with E-state index in [0.29, 0.717) is 4.77 Å². The van der Waals surface area contributed by atoms with Crippen LogP contribution in [0.3, 0.4) is 0 Å². The number of nitrogens with zero attached hydrogens (tertiary/aromatic N) is 3. The first-order valence-electron chi connectivity index (χ1n) is 8.72. The second-order valence-corrected chi connectivity index (χ2v) is 6.93. The molecular formula is C21H18N4O2S. The Labute approximate surface area is 166 Å². The summed E-state index contributed by atoms with van der Waals surface area (Å²) in [7, 11) is 0. The van der Waals surface area contributed by atoms with Gasteiger partial charge in [0, 0.05) is 11.8 Å². The molecule has 140 valence electrons. The molecule has 2 aromatic heterocycles. The van der Waals surface area contributed by atoms with Crippen LogP contribution < -0.4 is 0 Å². The van der Waals surface area contributed by atoms with Gasteiger partial charge in [-0.25, -0.2) is 9.48 Å². The molecule has 4 rings (SSSR count). The maximum absolute atomic E-state index is 11.3. The van der Waals surface area contributed by atoms with Crippen molar-refractivity contribution in [2.24, 2.45) is 0 Å². The number of rotatable bonds is 4. The van der Waals surface area contributed by atoms with Gasteiger partial charge in [0.15, 0.2) is 4.77 Å². The predicted molar refractivity (Wildman–Crippen MR) is 110 cm³/mol. The lowest BCUT2D eigenvalue weighted by Gasteiger charge is -2.08. The molecule has 6 nitrogen and oxygen atoms in total. The molecular weight excluding hydrogens is 372 g/mol. The van der Waals surface area contributed by atoms with Gasteiger partial charge in [0.1, 0.15) is 0 Å². The summed E-state index contributed by atoms with van der Waals surface area (Å²) in [6.45, 7) is 3.92. The number of hydrogen-bond donors (Lipinski definition) is 2. The van der Waals surface area contributed by atoms with Crippen molar-refractivity contribution in [3.63, 3.8) is 0 Å². The van der Waals surface area contributed by atoms with Crippen LogP contribution in [0.5, 0.6) is 0 Å². The van der Waals surface area contributed by atoms with E-state index < -0.39 is 5.97 Å². The molecule has 28 heavy (non-hydrogen) atoms. The lowest BCUT2D eigenvalue weighted by molar-refractivity contribution is 0.0697. The number of para-hydroxylation sites is 1. The number of benzene rings is 2. The van der Waals surface area contributed by atoms with Gasteiger partial charge in [-0.05, 0) is 55.9 Å². The molecule has 2 aromatic carbocycles. The summed E-state index contributed by atoms with van der Waals surface area (Å²) in [5.41, 5.74) is 5.60. The minimum Gasteiger partial charge on any atom is -0.478 e. The number of carbonyl (C=O) groups is 1. The Morgan fingerprint density at radius 3 is 2.61 bits per heavy atom. The van der Waals surface area contributed by atoms with E-state index in [-0.39, 0.29) is 5.56 Å². The van der Waals surface area contributed by atoms with E-state index in [2.05, 4.69) is 10.1 Å². The summed E-state index contributed by atoms with van der Waals surface area (Å²) in [5.74, 6) is -0.969. The summed E-state index contributed by atoms with van der Waals surface area (Å²) in [6.07, 6.45) is 3.68. The number of aromatic carboxylic acids is 1. The maximum Gasteiger partial charge on any atom is 0.335 e. The van der Waals surface area contributed by atoms with Gasteiger partial charge in [-0.15, -0.1) is 0 Å². The number of aromatic amines is 1. The molecule has 0 bridgehead atoms. The number of H-pyrrole nitrogens is 1. The Balaban J connectivity index is 1.80. The minimum atomic E-state index is -0.969. The first-order valence-corrected chi connectivity index (χ1v) is 9.13. The molecule has 2 heterocycles. The van der Waals surface area contributed by atoms with E-state index >= 15 is 0 Å². The molecule has 4 aromatic rings. The number of imidazole rings is 1. The van der Waals surface area contributed by atoms with E-state index in [9.17, 15) is 9.90 Å². The van der Waals surface area contributed by atoms with Crippen molar-refractivity contribution in [3.05, 3.63) is 82.5 Å². The molecule has 0 fully saturated rings. The molecule has 0 saturated heterocycles. The molecule has 0 atom stereocenters. The monoisotopic (exact) mass is 390 g/mol. The SMILES string of the molecule is Cc1ccc(C(=O)O)cc1-n1cc(-c2cnn(-c3ccccc3)c2C)[nH]c1=S. The zero-order valence-corrected chi connectivity index (χ0v) is 16.2. The average Bonchev–Trinajstić information content (AvgIpc) is 3.25. The molecule has 0 amide bonds. The highest BCUT2D eigenvalue weighted by molar-refractivity contribution is 7.71. The Kier molecular flexibility index (Phi) is 4.44. The summed E-state index contributed by atoms with van der Waals surface area (Å²) in [5, 5.41) is 13.8. The van der Waals surface area contributed by atoms with Crippen molar-refractivity contribution in [2.45, 2.75) is 13.8 Å². The number of hydrogen-bond acceptors (Lipinski definition) is 3. The average molecular weight is 390 g/mol. The van der Waals surface area contributed by atoms with E-state index in [1.807, 2.05) is 55.1 Å². The number of aromatic nitrogens is 4. The van der Waals surface area contributed by atoms with Crippen LogP contribution in [0.4, 0.5) is 0 Å². The van der Waals surface area contributed by atoms with E-state index in [0.717, 1.165) is 33.9 Å². The number of aryl methyl sites for hydroxylation is 1. The Hall–Kier alpha value is -3.45. The molecule has 0 aliphatic carbocycles. The quantitative estimate of drug-likeness (QED) is 0.495. The van der Waals surface area contributed by atoms with Gasteiger partial charge >= 0.3 is 5.97 Å². The largest absolute Gasteiger partial charge is 0.478 e. The van der Waals surface area contributed by atoms with E-state index in [4.69, 9.17) is 12.2 Å². The van der Waals surface area contributed by atoms with Gasteiger partial charge in [0.2, 0.25) is 0 Å². The van der Waals surface area contributed by atoms with Crippen molar-refractivity contribution < 1.29 is 9.90 Å². The Morgan fingerprint density at radius 1 is 1.14 bits per heavy atom. The van der Waals surface area contributed by atoms with E-state index in [1.165, 1.54) is 0 Å². The minimum absolute atomic E-state index is 0.221. The van der Waals surface area contributed by atoms with Gasteiger partial charge in [-0.2, -0.15) is 5.10 Å². The molecule has 0 aliphatic heterocycles. The smallest absolute Gasteiger partial charge is 0.335 e. The lowest BCUT2D eigenvalue weighted by Crippen LogP contribution is -2.01. The predicted octanol–water partition coefficient (Wildman–Crippen LogP) is 4.70. The summed E-state index contributed by atoms with van der Waals surface area (Å²) >= 11 is 5.50. The van der Waals surface area contributed by atoms with Crippen LogP contribution in [0.2, 0.25) is 0 Å². The second-order valence-electron chi connectivity index (χ2n) is 6.54. The normalized spacial score (nSPS) is 10.9. The van der Waals surface area contributed by atoms with Gasteiger partial charge < -0.3 is 10.1 Å². The third-order valence-corrected chi connectivity index (χ3v) is 5.03. The standard InChI is InChI=1S/C21H18N4O2S/c1-13-8-9-15(20(26)27)10-19(13)24-12-18(23-21(24)28)17-11-22-25(14(17)2)16-6-4-3-5-7-16/h3-12H,1-2H3,(H,23,28)(H,26,27). The molecule has 0 unspecified atom stereocenters. The van der Waals surface area contributed by atoms with Gasteiger partial charge in [0.25, 0.3) is 0 Å². The Morgan fingerprint density at radius 2 is 1.89 bits per heavy atom. The Bertz CT molecular complexity index is 1240. The van der Waals surface area contributed by atoms with Crippen LogP contribution in [0, 0.1) is 18.6 Å². The van der Waals surface area contributed by atoms with Crippen LogP contribution in [0.1, 0.15) is 21.6 Å². The molecule has 2 N–H and O–H groups in total. The van der Waals surface area contributed by atoms with Crippen molar-refractivity contribution in [3.8, 4) is 22.6 Å². The first kappa shape index (κ1) is 17.9. The number of carboxylic acids is 1. The van der Waals surface area contributed by atoms with Gasteiger partial charge in [0.05, 0.1) is 34.5 Å². The molecule has 7 heteroatoms. The van der Waals surface area contributed by atoms with Crippen LogP contribution in [0.15, 0.2) is 60.9 Å². The zero-order valence-electron chi connectivity index (χ0n) is 15.4. The molecule has 0 saturated carbocycles. The molecule has 0 spiro atoms. The van der Waals surface area contributed by atoms with Crippen LogP contribution >= 0.6 is 12.2 Å². The van der Waals surface area contributed by atoms with Crippen molar-refractivity contribution >= 4 is 18.2 Å². The summed E-state index contributed by atoms with van der Waals surface area (Å²) < 4.78 is 4.17. The fraction of sp³-hybridized carbons (Fsp3) is 0.0952. The highest BCUT2D eigenvalue weighted by atomic mass is 32.1. The first-order chi connectivity index (χ1) is 13.5. The number of nitrogens with one attached hydrogen (secondary N) is 1. The van der Waals surface area contributed by atoms with Crippen LogP contribution in [-0.4, -0.2) is 30.4 Å². The second kappa shape index (κ2) is 6.94. The van der Waals surface area contributed by atoms with Gasteiger partial charge in [-0.3, -0.25) is 4.57 Å². The topological polar surface area (TPSA) is 75.8 Å². The van der Waals surface area contributed by atoms with Gasteiger partial charge in [-0.1, -0.05) is 24.3 Å². The molecule has 0 radical (unpaired) electrons. The fourth-order valence-electron chi connectivity index (χ4n) is 3.22. The van der Waals surface area contributed by atoms with E-state index in [1.54, 1.807) is 29.0 Å². The zero-order chi connectivity index (χ0) is 19.8. The maximum atomic E-state index is 11.3. The van der Waals surface area contributed by atoms with Crippen molar-refractivity contribution in [2.75, 3.05) is 0 Å². The summed E-state index contributed by atoms with van der Waals surface area (Å²) in [4.78, 5) is 14.6. The lowest BCUT2D eigenvalue weighted by atomic mass is 10.1. The van der Waals surface area contributed by atoms with Crippen molar-refractivity contribution in [1.82, 2.24) is 19.3 Å².